The van der Waals surface area contributed by atoms with Crippen molar-refractivity contribution in [2.75, 3.05) is 0 Å². The number of hydrazine groups is 1. The summed E-state index contributed by atoms with van der Waals surface area (Å²) < 4.78 is 0. The maximum Gasteiger partial charge on any atom is 0.0893 e. The van der Waals surface area contributed by atoms with Gasteiger partial charge in [0.05, 0.1) is 22.4 Å². The van der Waals surface area contributed by atoms with Gasteiger partial charge in [0.15, 0.2) is 0 Å². The van der Waals surface area contributed by atoms with Gasteiger partial charge in [0.25, 0.3) is 0 Å². The van der Waals surface area contributed by atoms with E-state index in [0.29, 0.717) is 0 Å². The Labute approximate surface area is 151 Å². The smallest absolute Gasteiger partial charge is 0.0893 e. The van der Waals surface area contributed by atoms with Crippen molar-refractivity contribution in [1.29, 1.82) is 0 Å². The summed E-state index contributed by atoms with van der Waals surface area (Å²) in [5.41, 5.74) is 11.5. The van der Waals surface area contributed by atoms with Gasteiger partial charge in [0, 0.05) is 23.5 Å². The van der Waals surface area contributed by atoms with Crippen LogP contribution in [0.4, 0.5) is 0 Å². The lowest BCUT2D eigenvalue weighted by atomic mass is 10.0. The highest BCUT2D eigenvalue weighted by atomic mass is 15.4. The van der Waals surface area contributed by atoms with E-state index < -0.39 is 0 Å². The molecule has 0 fully saturated rings. The molecule has 1 aromatic heterocycles. The fourth-order valence-electron chi connectivity index (χ4n) is 2.93. The molecule has 4 rings (SSSR count). The predicted octanol–water partition coefficient (Wildman–Crippen LogP) is 4.52. The van der Waals surface area contributed by atoms with Crippen LogP contribution in [-0.2, 0) is 0 Å². The molecule has 0 amide bonds. The third-order valence-corrected chi connectivity index (χ3v) is 4.30. The van der Waals surface area contributed by atoms with Crippen LogP contribution >= 0.6 is 0 Å². The number of aromatic nitrogens is 2. The Hall–Kier alpha value is -3.66. The van der Waals surface area contributed by atoms with E-state index in [9.17, 15) is 0 Å². The number of hydrogen-bond acceptors (Lipinski definition) is 4. The first-order valence-electron chi connectivity index (χ1n) is 8.31. The van der Waals surface area contributed by atoms with Crippen molar-refractivity contribution in [1.82, 2.24) is 20.8 Å². The molecule has 0 aliphatic rings. The molecule has 4 aromatic rings. The number of fused-ring (bicyclic) bond motifs is 2. The van der Waals surface area contributed by atoms with Crippen LogP contribution < -0.4 is 10.9 Å². The lowest BCUT2D eigenvalue weighted by molar-refractivity contribution is 0.820. The van der Waals surface area contributed by atoms with Crippen LogP contribution in [0.2, 0.25) is 0 Å². The summed E-state index contributed by atoms with van der Waals surface area (Å²) >= 11 is 0. The molecule has 1 heterocycles. The molecular formula is C22H18N4. The van der Waals surface area contributed by atoms with Crippen LogP contribution in [0.1, 0.15) is 11.1 Å². The van der Waals surface area contributed by atoms with E-state index in [1.54, 1.807) is 12.4 Å². The van der Waals surface area contributed by atoms with Gasteiger partial charge < -0.3 is 10.9 Å². The van der Waals surface area contributed by atoms with Crippen LogP contribution in [0.25, 0.3) is 33.2 Å². The lowest BCUT2D eigenvalue weighted by Crippen LogP contribution is -2.28. The average Bonchev–Trinajstić information content (AvgIpc) is 2.71. The van der Waals surface area contributed by atoms with Gasteiger partial charge in [-0.3, -0.25) is 9.97 Å². The molecule has 0 spiro atoms. The predicted molar refractivity (Wildman–Crippen MR) is 108 cm³/mol. The molecule has 4 heteroatoms. The Balaban J connectivity index is 1.52. The molecular weight excluding hydrogens is 320 g/mol. The van der Waals surface area contributed by atoms with E-state index in [4.69, 9.17) is 0 Å². The van der Waals surface area contributed by atoms with Crippen molar-refractivity contribution >= 4 is 33.2 Å². The SMILES string of the molecule is C=C(NNC(=C)c1cccc2ccccc12)c1ccc2nccnc2c1. The molecule has 4 nitrogen and oxygen atoms in total. The topological polar surface area (TPSA) is 49.8 Å². The minimum atomic E-state index is 0.735. The minimum absolute atomic E-state index is 0.735. The zero-order valence-corrected chi connectivity index (χ0v) is 14.2. The van der Waals surface area contributed by atoms with Crippen LogP contribution in [0.15, 0.2) is 86.2 Å². The minimum Gasteiger partial charge on any atom is -0.301 e. The Morgan fingerprint density at radius 3 is 2.35 bits per heavy atom. The molecule has 126 valence electrons. The van der Waals surface area contributed by atoms with Gasteiger partial charge in [-0.05, 0) is 22.9 Å². The number of rotatable bonds is 5. The van der Waals surface area contributed by atoms with Gasteiger partial charge >= 0.3 is 0 Å². The van der Waals surface area contributed by atoms with Crippen molar-refractivity contribution in [3.05, 3.63) is 97.3 Å². The summed E-state index contributed by atoms with van der Waals surface area (Å²) in [5, 5.41) is 2.33. The molecule has 26 heavy (non-hydrogen) atoms. The Kier molecular flexibility index (Phi) is 4.07. The summed E-state index contributed by atoms with van der Waals surface area (Å²) in [6.07, 6.45) is 3.37. The monoisotopic (exact) mass is 338 g/mol. The highest BCUT2D eigenvalue weighted by molar-refractivity contribution is 5.93. The number of nitrogens with one attached hydrogen (secondary N) is 2. The maximum absolute atomic E-state index is 4.33. The third-order valence-electron chi connectivity index (χ3n) is 4.30. The lowest BCUT2D eigenvalue weighted by Gasteiger charge is -2.16. The standard InChI is InChI=1S/C22H18N4/c1-15(18-10-11-21-22(14-18)24-13-12-23-21)25-26-16(2)19-9-5-7-17-6-3-4-8-20(17)19/h3-14,25-26H,1-2H2. The number of nitrogens with zero attached hydrogens (tertiary/aromatic N) is 2. The molecule has 2 N–H and O–H groups in total. The fraction of sp³-hybridized carbons (Fsp3) is 0. The van der Waals surface area contributed by atoms with Crippen LogP contribution in [0, 0.1) is 0 Å². The molecule has 0 saturated heterocycles. The highest BCUT2D eigenvalue weighted by Crippen LogP contribution is 2.23. The molecule has 3 aromatic carbocycles. The van der Waals surface area contributed by atoms with Gasteiger partial charge in [-0.1, -0.05) is 61.7 Å². The van der Waals surface area contributed by atoms with Crippen LogP contribution in [0.3, 0.4) is 0 Å². The first kappa shape index (κ1) is 15.8. The van der Waals surface area contributed by atoms with Crippen LogP contribution in [-0.4, -0.2) is 9.97 Å². The number of hydrogen-bond donors (Lipinski definition) is 2. The zero-order chi connectivity index (χ0) is 17.9. The molecule has 0 saturated carbocycles. The molecule has 0 radical (unpaired) electrons. The quantitative estimate of drug-likeness (QED) is 0.525. The Bertz CT molecular complexity index is 1130. The van der Waals surface area contributed by atoms with E-state index in [1.165, 1.54) is 5.39 Å². The van der Waals surface area contributed by atoms with Crippen molar-refractivity contribution in [3.63, 3.8) is 0 Å². The highest BCUT2D eigenvalue weighted by Gasteiger charge is 2.06. The summed E-state index contributed by atoms with van der Waals surface area (Å²) in [5.74, 6) is 0. The molecule has 0 bridgehead atoms. The third kappa shape index (κ3) is 3.00. The Morgan fingerprint density at radius 2 is 1.46 bits per heavy atom. The van der Waals surface area contributed by atoms with E-state index in [2.05, 4.69) is 52.2 Å². The van der Waals surface area contributed by atoms with E-state index in [1.807, 2.05) is 42.5 Å². The van der Waals surface area contributed by atoms with E-state index in [0.717, 1.165) is 38.9 Å². The zero-order valence-electron chi connectivity index (χ0n) is 14.2. The summed E-state index contributed by atoms with van der Waals surface area (Å²) in [6.45, 7) is 8.25. The molecule has 0 atom stereocenters. The summed E-state index contributed by atoms with van der Waals surface area (Å²) in [4.78, 5) is 8.61. The van der Waals surface area contributed by atoms with Gasteiger partial charge in [-0.15, -0.1) is 0 Å². The van der Waals surface area contributed by atoms with Gasteiger partial charge in [-0.2, -0.15) is 0 Å². The maximum atomic E-state index is 4.33. The van der Waals surface area contributed by atoms with Gasteiger partial charge in [0.1, 0.15) is 0 Å². The summed E-state index contributed by atoms with van der Waals surface area (Å²) in [6, 6.07) is 20.3. The second kappa shape index (κ2) is 6.69. The van der Waals surface area contributed by atoms with Crippen molar-refractivity contribution < 1.29 is 0 Å². The second-order valence-corrected chi connectivity index (χ2v) is 5.99. The average molecular weight is 338 g/mol. The largest absolute Gasteiger partial charge is 0.301 e. The van der Waals surface area contributed by atoms with Gasteiger partial charge in [-0.25, -0.2) is 0 Å². The van der Waals surface area contributed by atoms with E-state index >= 15 is 0 Å². The fourth-order valence-corrected chi connectivity index (χ4v) is 2.93. The normalized spacial score (nSPS) is 10.6. The first-order valence-corrected chi connectivity index (χ1v) is 8.31. The van der Waals surface area contributed by atoms with Crippen molar-refractivity contribution in [2.45, 2.75) is 0 Å². The molecule has 0 aliphatic carbocycles. The molecule has 0 unspecified atom stereocenters. The number of benzene rings is 3. The van der Waals surface area contributed by atoms with Crippen LogP contribution in [0.5, 0.6) is 0 Å². The van der Waals surface area contributed by atoms with E-state index in [-0.39, 0.29) is 0 Å². The first-order chi connectivity index (χ1) is 12.7. The van der Waals surface area contributed by atoms with Crippen molar-refractivity contribution in [2.24, 2.45) is 0 Å². The Morgan fingerprint density at radius 1 is 0.731 bits per heavy atom. The second-order valence-electron chi connectivity index (χ2n) is 5.99. The molecule has 0 aliphatic heterocycles. The summed E-state index contributed by atoms with van der Waals surface area (Å²) in [7, 11) is 0. The van der Waals surface area contributed by atoms with Gasteiger partial charge in [0.2, 0.25) is 0 Å². The van der Waals surface area contributed by atoms with Crippen molar-refractivity contribution in [3.8, 4) is 0 Å².